The predicted molar refractivity (Wildman–Crippen MR) is 43.3 cm³/mol. The van der Waals surface area contributed by atoms with Gasteiger partial charge in [-0.05, 0) is 5.92 Å². The molecule has 0 aliphatic heterocycles. The molecule has 0 saturated carbocycles. The van der Waals surface area contributed by atoms with Crippen molar-refractivity contribution < 1.29 is 0 Å². The van der Waals surface area contributed by atoms with Crippen molar-refractivity contribution in [2.75, 3.05) is 0 Å². The molecule has 1 aromatic heterocycles. The van der Waals surface area contributed by atoms with E-state index in [2.05, 4.69) is 18.8 Å². The first-order chi connectivity index (χ1) is 5.20. The lowest BCUT2D eigenvalue weighted by Gasteiger charge is -2.05. The zero-order valence-electron chi connectivity index (χ0n) is 6.82. The second-order valence-corrected chi connectivity index (χ2v) is 2.96. The summed E-state index contributed by atoms with van der Waals surface area (Å²) in [6.45, 7) is 4.88. The van der Waals surface area contributed by atoms with Crippen LogP contribution in [0, 0.1) is 5.92 Å². The van der Waals surface area contributed by atoms with Crippen molar-refractivity contribution >= 4 is 0 Å². The van der Waals surface area contributed by atoms with Crippen LogP contribution in [0.25, 0.3) is 0 Å². The van der Waals surface area contributed by atoms with Gasteiger partial charge in [0.05, 0.1) is 6.33 Å². The minimum atomic E-state index is 0.0219. The molecular formula is C8H12N2O. The fourth-order valence-corrected chi connectivity index (χ4v) is 0.909. The van der Waals surface area contributed by atoms with Crippen LogP contribution in [0.15, 0.2) is 23.4 Å². The third-order valence-electron chi connectivity index (χ3n) is 1.35. The lowest BCUT2D eigenvalue weighted by Crippen LogP contribution is -2.21. The molecule has 0 amide bonds. The van der Waals surface area contributed by atoms with E-state index in [1.807, 2.05) is 0 Å². The zero-order valence-corrected chi connectivity index (χ0v) is 6.82. The van der Waals surface area contributed by atoms with Crippen LogP contribution in [-0.2, 0) is 6.54 Å². The summed E-state index contributed by atoms with van der Waals surface area (Å²) in [4.78, 5) is 14.9. The third kappa shape index (κ3) is 2.18. The van der Waals surface area contributed by atoms with E-state index in [9.17, 15) is 4.79 Å². The van der Waals surface area contributed by atoms with Crippen molar-refractivity contribution in [3.63, 3.8) is 0 Å². The van der Waals surface area contributed by atoms with Gasteiger partial charge in [0.1, 0.15) is 0 Å². The highest BCUT2D eigenvalue weighted by Gasteiger charge is 1.96. The highest BCUT2D eigenvalue weighted by molar-refractivity contribution is 4.81. The molecule has 1 rings (SSSR count). The average Bonchev–Trinajstić information content (AvgIpc) is 1.93. The Balaban J connectivity index is 2.87. The number of hydrogen-bond acceptors (Lipinski definition) is 2. The molecule has 3 nitrogen and oxygen atoms in total. The zero-order chi connectivity index (χ0) is 8.27. The van der Waals surface area contributed by atoms with Crippen LogP contribution >= 0.6 is 0 Å². The molecule has 1 aromatic rings. The van der Waals surface area contributed by atoms with Crippen molar-refractivity contribution in [1.82, 2.24) is 9.55 Å². The first-order valence-electron chi connectivity index (χ1n) is 3.70. The minimum absolute atomic E-state index is 0.0219. The van der Waals surface area contributed by atoms with E-state index in [-0.39, 0.29) is 5.56 Å². The highest BCUT2D eigenvalue weighted by Crippen LogP contribution is 1.93. The first kappa shape index (κ1) is 7.98. The summed E-state index contributed by atoms with van der Waals surface area (Å²) in [5.74, 6) is 0.483. The second kappa shape index (κ2) is 3.32. The normalized spacial score (nSPS) is 10.5. The first-order valence-corrected chi connectivity index (χ1v) is 3.70. The maximum absolute atomic E-state index is 11.1. The molecule has 0 spiro atoms. The van der Waals surface area contributed by atoms with Crippen molar-refractivity contribution in [3.8, 4) is 0 Å². The molecule has 0 aliphatic carbocycles. The van der Waals surface area contributed by atoms with E-state index in [0.717, 1.165) is 6.54 Å². The molecule has 0 radical (unpaired) electrons. The molecule has 3 heteroatoms. The maximum atomic E-state index is 11.1. The maximum Gasteiger partial charge on any atom is 0.253 e. The van der Waals surface area contributed by atoms with E-state index in [4.69, 9.17) is 0 Å². The van der Waals surface area contributed by atoms with Crippen molar-refractivity contribution in [1.29, 1.82) is 0 Å². The number of hydrogen-bond donors (Lipinski definition) is 0. The Morgan fingerprint density at radius 1 is 1.64 bits per heavy atom. The summed E-state index contributed by atoms with van der Waals surface area (Å²) in [6.07, 6.45) is 3.08. The van der Waals surface area contributed by atoms with E-state index in [0.29, 0.717) is 5.92 Å². The van der Waals surface area contributed by atoms with Crippen LogP contribution in [0.1, 0.15) is 13.8 Å². The highest BCUT2D eigenvalue weighted by atomic mass is 16.1. The molecule has 0 unspecified atom stereocenters. The van der Waals surface area contributed by atoms with Gasteiger partial charge in [-0.2, -0.15) is 0 Å². The summed E-state index contributed by atoms with van der Waals surface area (Å²) in [5, 5.41) is 0. The SMILES string of the molecule is CC(C)Cn1cnccc1=O. The number of nitrogens with zero attached hydrogens (tertiary/aromatic N) is 2. The molecule has 0 aliphatic rings. The van der Waals surface area contributed by atoms with Gasteiger partial charge in [0.15, 0.2) is 0 Å². The van der Waals surface area contributed by atoms with Gasteiger partial charge < -0.3 is 0 Å². The van der Waals surface area contributed by atoms with E-state index in [1.54, 1.807) is 10.9 Å². The summed E-state index contributed by atoms with van der Waals surface area (Å²) in [7, 11) is 0. The molecule has 0 bridgehead atoms. The second-order valence-electron chi connectivity index (χ2n) is 2.96. The number of rotatable bonds is 2. The Hall–Kier alpha value is -1.12. The Morgan fingerprint density at radius 3 is 2.91 bits per heavy atom. The topological polar surface area (TPSA) is 34.9 Å². The molecule has 0 saturated heterocycles. The Kier molecular flexibility index (Phi) is 2.41. The standard InChI is InChI=1S/C8H12N2O/c1-7(2)5-10-6-9-4-3-8(10)11/h3-4,6-7H,5H2,1-2H3. The summed E-state index contributed by atoms with van der Waals surface area (Å²) >= 11 is 0. The molecule has 0 fully saturated rings. The van der Waals surface area contributed by atoms with E-state index < -0.39 is 0 Å². The molecule has 0 aromatic carbocycles. The predicted octanol–water partition coefficient (Wildman–Crippen LogP) is 0.899. The Bertz CT molecular complexity index is 277. The molecule has 11 heavy (non-hydrogen) atoms. The van der Waals surface area contributed by atoms with Crippen LogP contribution in [0.4, 0.5) is 0 Å². The van der Waals surface area contributed by atoms with Gasteiger partial charge >= 0.3 is 0 Å². The minimum Gasteiger partial charge on any atom is -0.299 e. The summed E-state index contributed by atoms with van der Waals surface area (Å²) in [6, 6.07) is 1.47. The van der Waals surface area contributed by atoms with Crippen LogP contribution in [0.2, 0.25) is 0 Å². The van der Waals surface area contributed by atoms with Gasteiger partial charge in [-0.15, -0.1) is 0 Å². The van der Waals surface area contributed by atoms with Crippen LogP contribution in [0.3, 0.4) is 0 Å². The summed E-state index contributed by atoms with van der Waals surface area (Å²) < 4.78 is 1.62. The van der Waals surface area contributed by atoms with Gasteiger partial charge in [-0.25, -0.2) is 4.98 Å². The molecule has 0 N–H and O–H groups in total. The van der Waals surface area contributed by atoms with Gasteiger partial charge in [-0.3, -0.25) is 9.36 Å². The smallest absolute Gasteiger partial charge is 0.253 e. The third-order valence-corrected chi connectivity index (χ3v) is 1.35. The molecular weight excluding hydrogens is 140 g/mol. The Labute approximate surface area is 65.7 Å². The fraction of sp³-hybridized carbons (Fsp3) is 0.500. The largest absolute Gasteiger partial charge is 0.299 e. The molecule has 0 atom stereocenters. The van der Waals surface area contributed by atoms with E-state index in [1.165, 1.54) is 12.3 Å². The monoisotopic (exact) mass is 152 g/mol. The number of aromatic nitrogens is 2. The van der Waals surface area contributed by atoms with E-state index >= 15 is 0 Å². The quantitative estimate of drug-likeness (QED) is 0.631. The Morgan fingerprint density at radius 2 is 2.36 bits per heavy atom. The lowest BCUT2D eigenvalue weighted by atomic mass is 10.2. The van der Waals surface area contributed by atoms with Crippen molar-refractivity contribution in [3.05, 3.63) is 28.9 Å². The fourth-order valence-electron chi connectivity index (χ4n) is 0.909. The molecule has 1 heterocycles. The van der Waals surface area contributed by atoms with Crippen LogP contribution < -0.4 is 5.56 Å². The van der Waals surface area contributed by atoms with Crippen molar-refractivity contribution in [2.24, 2.45) is 5.92 Å². The average molecular weight is 152 g/mol. The van der Waals surface area contributed by atoms with Crippen LogP contribution in [0.5, 0.6) is 0 Å². The van der Waals surface area contributed by atoms with Gasteiger partial charge in [0.2, 0.25) is 0 Å². The molecule has 60 valence electrons. The van der Waals surface area contributed by atoms with Gasteiger partial charge in [0, 0.05) is 18.8 Å². The van der Waals surface area contributed by atoms with Crippen molar-refractivity contribution in [2.45, 2.75) is 20.4 Å². The van der Waals surface area contributed by atoms with Crippen LogP contribution in [-0.4, -0.2) is 9.55 Å². The summed E-state index contributed by atoms with van der Waals surface area (Å²) in [5.41, 5.74) is 0.0219. The lowest BCUT2D eigenvalue weighted by molar-refractivity contribution is 0.505. The van der Waals surface area contributed by atoms with Gasteiger partial charge in [0.25, 0.3) is 5.56 Å². The van der Waals surface area contributed by atoms with Gasteiger partial charge in [-0.1, -0.05) is 13.8 Å².